The first-order chi connectivity index (χ1) is 5.30. The molecule has 0 aromatic heterocycles. The molecule has 0 saturated carbocycles. The smallest absolute Gasteiger partial charge is 0.164 e. The number of aliphatic hydroxyl groups is 2. The fourth-order valence-electron chi connectivity index (χ4n) is 0.946. The van der Waals surface area contributed by atoms with Gasteiger partial charge in [-0.2, -0.15) is 0 Å². The van der Waals surface area contributed by atoms with Crippen LogP contribution in [-0.4, -0.2) is 33.5 Å². The van der Waals surface area contributed by atoms with Gasteiger partial charge in [0.25, 0.3) is 0 Å². The van der Waals surface area contributed by atoms with Crippen molar-refractivity contribution in [2.45, 2.75) is 38.9 Å². The van der Waals surface area contributed by atoms with E-state index in [9.17, 15) is 14.7 Å². The summed E-state index contributed by atoms with van der Waals surface area (Å²) in [5.41, 5.74) is -1.91. The van der Waals surface area contributed by atoms with Gasteiger partial charge in [-0.15, -0.1) is 0 Å². The van der Waals surface area contributed by atoms with E-state index in [1.54, 1.807) is 0 Å². The normalized spacial score (nSPS) is 18.1. The van der Waals surface area contributed by atoms with Gasteiger partial charge in [-0.1, -0.05) is 0 Å². The molecule has 0 spiro atoms. The Labute approximate surface area is 71.2 Å². The second-order valence-electron chi connectivity index (χ2n) is 3.04. The summed E-state index contributed by atoms with van der Waals surface area (Å²) in [6.45, 7) is 3.69. The van der Waals surface area contributed by atoms with Gasteiger partial charge >= 0.3 is 0 Å². The molecule has 2 atom stereocenters. The minimum atomic E-state index is -1.91. The highest BCUT2D eigenvalue weighted by atomic mass is 16.3. The van der Waals surface area contributed by atoms with Crippen LogP contribution in [0.25, 0.3) is 0 Å². The molecule has 12 heavy (non-hydrogen) atoms. The number of ketones is 2. The summed E-state index contributed by atoms with van der Waals surface area (Å²) in [7, 11) is 0. The van der Waals surface area contributed by atoms with Crippen LogP contribution in [-0.2, 0) is 9.59 Å². The molecular formula is C8H14O4. The number of hydrogen-bond donors (Lipinski definition) is 2. The van der Waals surface area contributed by atoms with Crippen LogP contribution in [0.2, 0.25) is 0 Å². The van der Waals surface area contributed by atoms with Crippen molar-refractivity contribution in [2.75, 3.05) is 0 Å². The van der Waals surface area contributed by atoms with Crippen LogP contribution in [0.1, 0.15) is 27.2 Å². The molecule has 0 amide bonds. The molecule has 4 heteroatoms. The first-order valence-corrected chi connectivity index (χ1v) is 3.71. The number of carbonyl (C=O) groups excluding carboxylic acids is 2. The molecule has 2 unspecified atom stereocenters. The Balaban J connectivity index is 4.62. The minimum absolute atomic E-state index is 0.325. The van der Waals surface area contributed by atoms with Crippen molar-refractivity contribution in [3.05, 3.63) is 0 Å². The van der Waals surface area contributed by atoms with Gasteiger partial charge in [0.05, 0.1) is 6.10 Å². The van der Waals surface area contributed by atoms with E-state index in [0.29, 0.717) is 0 Å². The molecule has 0 heterocycles. The van der Waals surface area contributed by atoms with E-state index in [1.807, 2.05) is 0 Å². The largest absolute Gasteiger partial charge is 0.390 e. The van der Waals surface area contributed by atoms with Gasteiger partial charge in [-0.25, -0.2) is 0 Å². The summed E-state index contributed by atoms with van der Waals surface area (Å²) in [6.07, 6.45) is -1.56. The lowest BCUT2D eigenvalue weighted by atomic mass is 9.88. The molecule has 0 bridgehead atoms. The predicted molar refractivity (Wildman–Crippen MR) is 42.6 cm³/mol. The first kappa shape index (κ1) is 11.3. The van der Waals surface area contributed by atoms with Gasteiger partial charge in [-0.05, 0) is 20.8 Å². The van der Waals surface area contributed by atoms with Crippen LogP contribution >= 0.6 is 0 Å². The molecule has 0 rings (SSSR count). The van der Waals surface area contributed by atoms with E-state index in [-0.39, 0.29) is 12.2 Å². The SMILES string of the molecule is CC(=O)CC(O)(C(C)=O)C(C)O. The van der Waals surface area contributed by atoms with E-state index < -0.39 is 17.5 Å². The van der Waals surface area contributed by atoms with Gasteiger partial charge in [0.1, 0.15) is 5.78 Å². The third-order valence-corrected chi connectivity index (χ3v) is 1.82. The van der Waals surface area contributed by atoms with Crippen molar-refractivity contribution in [2.24, 2.45) is 0 Å². The molecule has 70 valence electrons. The Hall–Kier alpha value is -0.740. The lowest BCUT2D eigenvalue weighted by Crippen LogP contribution is -2.48. The lowest BCUT2D eigenvalue weighted by molar-refractivity contribution is -0.152. The predicted octanol–water partition coefficient (Wildman–Crippen LogP) is -0.334. The van der Waals surface area contributed by atoms with Gasteiger partial charge in [0.15, 0.2) is 11.4 Å². The third kappa shape index (κ3) is 2.39. The highest BCUT2D eigenvalue weighted by Crippen LogP contribution is 2.17. The number of Topliss-reactive ketones (excluding diaryl/α,β-unsaturated/α-hetero) is 2. The summed E-state index contributed by atoms with van der Waals surface area (Å²) in [5, 5.41) is 18.6. The maximum absolute atomic E-state index is 10.9. The molecule has 0 aromatic carbocycles. The molecule has 0 saturated heterocycles. The highest BCUT2D eigenvalue weighted by molar-refractivity contribution is 5.91. The van der Waals surface area contributed by atoms with E-state index in [2.05, 4.69) is 0 Å². The van der Waals surface area contributed by atoms with Crippen molar-refractivity contribution in [3.63, 3.8) is 0 Å². The maximum Gasteiger partial charge on any atom is 0.164 e. The van der Waals surface area contributed by atoms with Crippen LogP contribution in [0.5, 0.6) is 0 Å². The molecule has 0 radical (unpaired) electrons. The fraction of sp³-hybridized carbons (Fsp3) is 0.750. The van der Waals surface area contributed by atoms with E-state index in [1.165, 1.54) is 13.8 Å². The van der Waals surface area contributed by atoms with Gasteiger partial charge in [0.2, 0.25) is 0 Å². The number of aliphatic hydroxyl groups excluding tert-OH is 1. The quantitative estimate of drug-likeness (QED) is 0.611. The number of hydrogen-bond acceptors (Lipinski definition) is 4. The zero-order valence-corrected chi connectivity index (χ0v) is 7.50. The number of rotatable bonds is 4. The summed E-state index contributed by atoms with van der Waals surface area (Å²) < 4.78 is 0. The highest BCUT2D eigenvalue weighted by Gasteiger charge is 2.38. The second-order valence-corrected chi connectivity index (χ2v) is 3.04. The topological polar surface area (TPSA) is 74.6 Å². The fourth-order valence-corrected chi connectivity index (χ4v) is 0.946. The Bertz CT molecular complexity index is 197. The molecule has 4 nitrogen and oxygen atoms in total. The van der Waals surface area contributed by atoms with Crippen LogP contribution in [0.3, 0.4) is 0 Å². The molecule has 0 aliphatic carbocycles. The molecule has 0 aliphatic heterocycles. The molecule has 0 fully saturated rings. The van der Waals surface area contributed by atoms with Crippen LogP contribution in [0.15, 0.2) is 0 Å². The number of carbonyl (C=O) groups is 2. The summed E-state index contributed by atoms with van der Waals surface area (Å²) in [4.78, 5) is 21.5. The zero-order chi connectivity index (χ0) is 9.94. The zero-order valence-electron chi connectivity index (χ0n) is 7.50. The minimum Gasteiger partial charge on any atom is -0.390 e. The van der Waals surface area contributed by atoms with Crippen LogP contribution in [0, 0.1) is 0 Å². The molecular weight excluding hydrogens is 160 g/mol. The van der Waals surface area contributed by atoms with Gasteiger partial charge in [0, 0.05) is 6.42 Å². The van der Waals surface area contributed by atoms with Gasteiger partial charge in [-0.3, -0.25) is 9.59 Å². The first-order valence-electron chi connectivity index (χ1n) is 3.71. The lowest BCUT2D eigenvalue weighted by Gasteiger charge is -2.26. The van der Waals surface area contributed by atoms with Crippen LogP contribution in [0.4, 0.5) is 0 Å². The summed E-state index contributed by atoms with van der Waals surface area (Å²) in [6, 6.07) is 0. The van der Waals surface area contributed by atoms with Crippen molar-refractivity contribution >= 4 is 11.6 Å². The third-order valence-electron chi connectivity index (χ3n) is 1.82. The Morgan fingerprint density at radius 2 is 1.83 bits per heavy atom. The average molecular weight is 174 g/mol. The molecule has 0 aromatic rings. The Morgan fingerprint density at radius 1 is 1.42 bits per heavy atom. The van der Waals surface area contributed by atoms with E-state index in [4.69, 9.17) is 5.11 Å². The molecule has 0 aliphatic rings. The van der Waals surface area contributed by atoms with Crippen LogP contribution < -0.4 is 0 Å². The van der Waals surface area contributed by atoms with Crippen molar-refractivity contribution in [1.29, 1.82) is 0 Å². The standard InChI is InChI=1S/C8H14O4/c1-5(9)4-8(12,6(2)10)7(3)11/h6,10,12H,4H2,1-3H3. The molecule has 2 N–H and O–H groups in total. The second kappa shape index (κ2) is 3.78. The van der Waals surface area contributed by atoms with Crippen molar-refractivity contribution < 1.29 is 19.8 Å². The van der Waals surface area contributed by atoms with Crippen molar-refractivity contribution in [1.82, 2.24) is 0 Å². The van der Waals surface area contributed by atoms with Gasteiger partial charge < -0.3 is 10.2 Å². The Morgan fingerprint density at radius 3 is 1.92 bits per heavy atom. The van der Waals surface area contributed by atoms with E-state index in [0.717, 1.165) is 6.92 Å². The Kier molecular flexibility index (Phi) is 3.55. The monoisotopic (exact) mass is 174 g/mol. The van der Waals surface area contributed by atoms with E-state index >= 15 is 0 Å². The maximum atomic E-state index is 10.9. The average Bonchev–Trinajstić information content (AvgIpc) is 1.84. The summed E-state index contributed by atoms with van der Waals surface area (Å²) in [5.74, 6) is -0.915. The van der Waals surface area contributed by atoms with Crippen molar-refractivity contribution in [3.8, 4) is 0 Å². The summed E-state index contributed by atoms with van der Waals surface area (Å²) >= 11 is 0.